The topological polar surface area (TPSA) is 71.8 Å². The van der Waals surface area contributed by atoms with E-state index in [1.807, 2.05) is 53.2 Å². The summed E-state index contributed by atoms with van der Waals surface area (Å²) in [5.74, 6) is 1.07. The van der Waals surface area contributed by atoms with Gasteiger partial charge in [-0.05, 0) is 49.1 Å². The minimum absolute atomic E-state index is 0.0720. The van der Waals surface area contributed by atoms with Crippen molar-refractivity contribution in [3.05, 3.63) is 66.4 Å². The summed E-state index contributed by atoms with van der Waals surface area (Å²) in [5.41, 5.74) is 3.18. The molecular weight excluding hydrogens is 434 g/mol. The van der Waals surface area contributed by atoms with Crippen LogP contribution in [0, 0.1) is 5.92 Å². The first-order valence-electron chi connectivity index (χ1n) is 11.3. The fourth-order valence-electron chi connectivity index (χ4n) is 4.17. The summed E-state index contributed by atoms with van der Waals surface area (Å²) in [6, 6.07) is 18.1. The number of hydrogen-bond acceptors (Lipinski definition) is 6. The van der Waals surface area contributed by atoms with Gasteiger partial charge in [-0.2, -0.15) is 0 Å². The number of aromatic nitrogens is 3. The Morgan fingerprint density at radius 3 is 2.58 bits per heavy atom. The molecule has 5 rings (SSSR count). The van der Waals surface area contributed by atoms with Crippen molar-refractivity contribution in [1.29, 1.82) is 0 Å². The van der Waals surface area contributed by atoms with E-state index < -0.39 is 0 Å². The van der Waals surface area contributed by atoms with E-state index in [4.69, 9.17) is 14.8 Å². The van der Waals surface area contributed by atoms with E-state index in [0.29, 0.717) is 6.54 Å². The molecule has 7 nitrogen and oxygen atoms in total. The van der Waals surface area contributed by atoms with Crippen LogP contribution in [-0.2, 0) is 11.2 Å². The predicted molar refractivity (Wildman–Crippen MR) is 131 cm³/mol. The highest BCUT2D eigenvalue weighted by molar-refractivity contribution is 7.20. The van der Waals surface area contributed by atoms with Crippen LogP contribution in [0.25, 0.3) is 16.2 Å². The van der Waals surface area contributed by atoms with Gasteiger partial charge in [-0.1, -0.05) is 41.7 Å². The molecule has 1 aliphatic rings. The zero-order valence-electron chi connectivity index (χ0n) is 18.6. The maximum Gasteiger partial charge on any atom is 0.223 e. The number of rotatable bonds is 7. The molecule has 1 saturated heterocycles. The molecule has 4 aromatic rings. The fourth-order valence-corrected chi connectivity index (χ4v) is 5.11. The Morgan fingerprint density at radius 2 is 1.88 bits per heavy atom. The van der Waals surface area contributed by atoms with Crippen molar-refractivity contribution < 1.29 is 9.53 Å². The van der Waals surface area contributed by atoms with Gasteiger partial charge >= 0.3 is 0 Å². The Bertz CT molecular complexity index is 1180. The molecular formula is C25H27N5O2S. The lowest BCUT2D eigenvalue weighted by Crippen LogP contribution is -2.41. The number of nitrogens with one attached hydrogen (secondary N) is 1. The van der Waals surface area contributed by atoms with E-state index in [0.717, 1.165) is 59.5 Å². The molecule has 0 saturated carbocycles. The molecule has 2 aromatic heterocycles. The average Bonchev–Trinajstić information content (AvgIpc) is 3.45. The molecule has 1 aliphatic heterocycles. The number of carbonyl (C=O) groups is 1. The standard InChI is InChI=1S/C25H27N5O2S/c1-32-21-9-7-19(8-10-21)22-17-30-24(27-22)33-25(28-30)29-15-12-20(13-16-29)23(31)26-14-11-18-5-3-2-4-6-18/h2-10,17,20H,11-16H2,1H3,(H,26,31). The molecule has 0 radical (unpaired) electrons. The molecule has 0 spiro atoms. The molecule has 0 atom stereocenters. The van der Waals surface area contributed by atoms with Gasteiger partial charge in [-0.3, -0.25) is 4.79 Å². The predicted octanol–water partition coefficient (Wildman–Crippen LogP) is 4.04. The number of imidazole rings is 1. The van der Waals surface area contributed by atoms with Crippen molar-refractivity contribution in [1.82, 2.24) is 19.9 Å². The quantitative estimate of drug-likeness (QED) is 0.450. The third-order valence-corrected chi connectivity index (χ3v) is 7.09. The first-order valence-corrected chi connectivity index (χ1v) is 12.1. The minimum atomic E-state index is 0.0720. The molecule has 8 heteroatoms. The van der Waals surface area contributed by atoms with Crippen molar-refractivity contribution in [2.24, 2.45) is 5.92 Å². The van der Waals surface area contributed by atoms with Crippen LogP contribution >= 0.6 is 11.3 Å². The number of fused-ring (bicyclic) bond motifs is 1. The normalized spacial score (nSPS) is 14.5. The number of piperidine rings is 1. The molecule has 1 amide bonds. The van der Waals surface area contributed by atoms with Crippen molar-refractivity contribution in [3.8, 4) is 17.0 Å². The van der Waals surface area contributed by atoms with Gasteiger partial charge in [0.2, 0.25) is 16.0 Å². The number of amides is 1. The van der Waals surface area contributed by atoms with Crippen LogP contribution in [0.15, 0.2) is 60.8 Å². The van der Waals surface area contributed by atoms with Crippen LogP contribution < -0.4 is 15.0 Å². The van der Waals surface area contributed by atoms with E-state index >= 15 is 0 Å². The van der Waals surface area contributed by atoms with Crippen LogP contribution in [0.3, 0.4) is 0 Å². The van der Waals surface area contributed by atoms with Crippen molar-refractivity contribution >= 4 is 27.3 Å². The van der Waals surface area contributed by atoms with Crippen LogP contribution in [0.1, 0.15) is 18.4 Å². The Balaban J connectivity index is 1.14. The molecule has 170 valence electrons. The summed E-state index contributed by atoms with van der Waals surface area (Å²) >= 11 is 1.59. The van der Waals surface area contributed by atoms with E-state index in [1.165, 1.54) is 5.56 Å². The van der Waals surface area contributed by atoms with Crippen LogP contribution in [0.5, 0.6) is 5.75 Å². The summed E-state index contributed by atoms with van der Waals surface area (Å²) in [7, 11) is 1.66. The summed E-state index contributed by atoms with van der Waals surface area (Å²) < 4.78 is 7.07. The molecule has 0 bridgehead atoms. The third kappa shape index (κ3) is 4.85. The van der Waals surface area contributed by atoms with Crippen molar-refractivity contribution in [2.75, 3.05) is 31.6 Å². The van der Waals surface area contributed by atoms with Gasteiger partial charge in [0.1, 0.15) is 5.75 Å². The number of benzene rings is 2. The monoisotopic (exact) mass is 461 g/mol. The highest BCUT2D eigenvalue weighted by Gasteiger charge is 2.26. The minimum Gasteiger partial charge on any atom is -0.497 e. The Kier molecular flexibility index (Phi) is 6.26. The summed E-state index contributed by atoms with van der Waals surface area (Å²) in [5, 5.41) is 8.81. The number of ether oxygens (including phenoxy) is 1. The number of nitrogens with zero attached hydrogens (tertiary/aromatic N) is 4. The number of carbonyl (C=O) groups excluding carboxylic acids is 1. The lowest BCUT2D eigenvalue weighted by molar-refractivity contribution is -0.125. The lowest BCUT2D eigenvalue weighted by atomic mass is 9.96. The van der Waals surface area contributed by atoms with E-state index in [1.54, 1.807) is 18.4 Å². The summed E-state index contributed by atoms with van der Waals surface area (Å²) in [4.78, 5) is 20.5. The molecule has 0 unspecified atom stereocenters. The second-order valence-electron chi connectivity index (χ2n) is 8.25. The second-order valence-corrected chi connectivity index (χ2v) is 9.19. The molecule has 1 N–H and O–H groups in total. The molecule has 0 aliphatic carbocycles. The Hall–Kier alpha value is -3.39. The first kappa shape index (κ1) is 21.5. The maximum absolute atomic E-state index is 12.6. The maximum atomic E-state index is 12.6. The largest absolute Gasteiger partial charge is 0.497 e. The van der Waals surface area contributed by atoms with Crippen molar-refractivity contribution in [3.63, 3.8) is 0 Å². The molecule has 33 heavy (non-hydrogen) atoms. The van der Waals surface area contributed by atoms with Gasteiger partial charge in [0, 0.05) is 31.1 Å². The number of anilines is 1. The van der Waals surface area contributed by atoms with Gasteiger partial charge in [-0.25, -0.2) is 9.50 Å². The number of methoxy groups -OCH3 is 1. The zero-order chi connectivity index (χ0) is 22.6. The fraction of sp³-hybridized carbons (Fsp3) is 0.320. The average molecular weight is 462 g/mol. The van der Waals surface area contributed by atoms with Gasteiger partial charge in [0.15, 0.2) is 0 Å². The molecule has 3 heterocycles. The van der Waals surface area contributed by atoms with Gasteiger partial charge in [0.05, 0.1) is 19.0 Å². The third-order valence-electron chi connectivity index (χ3n) is 6.11. The summed E-state index contributed by atoms with van der Waals surface area (Å²) in [6.07, 6.45) is 4.51. The first-order chi connectivity index (χ1) is 16.2. The Labute approximate surface area is 197 Å². The second kappa shape index (κ2) is 9.62. The van der Waals surface area contributed by atoms with Crippen molar-refractivity contribution in [2.45, 2.75) is 19.3 Å². The van der Waals surface area contributed by atoms with Crippen LogP contribution in [0.4, 0.5) is 5.13 Å². The van der Waals surface area contributed by atoms with Gasteiger partial charge in [-0.15, -0.1) is 5.10 Å². The smallest absolute Gasteiger partial charge is 0.223 e. The van der Waals surface area contributed by atoms with Gasteiger partial charge in [0.25, 0.3) is 0 Å². The van der Waals surface area contributed by atoms with E-state index in [9.17, 15) is 4.79 Å². The zero-order valence-corrected chi connectivity index (χ0v) is 19.4. The number of hydrogen-bond donors (Lipinski definition) is 1. The molecule has 1 fully saturated rings. The van der Waals surface area contributed by atoms with Gasteiger partial charge < -0.3 is 15.0 Å². The van der Waals surface area contributed by atoms with E-state index in [2.05, 4.69) is 22.3 Å². The van der Waals surface area contributed by atoms with Crippen LogP contribution in [0.2, 0.25) is 0 Å². The van der Waals surface area contributed by atoms with E-state index in [-0.39, 0.29) is 11.8 Å². The highest BCUT2D eigenvalue weighted by atomic mass is 32.1. The Morgan fingerprint density at radius 1 is 1.12 bits per heavy atom. The SMILES string of the molecule is COc1ccc(-c2cn3nc(N4CCC(C(=O)NCCc5ccccc5)CC4)sc3n2)cc1. The molecule has 2 aromatic carbocycles. The highest BCUT2D eigenvalue weighted by Crippen LogP contribution is 2.30. The lowest BCUT2D eigenvalue weighted by Gasteiger charge is -2.30. The summed E-state index contributed by atoms with van der Waals surface area (Å²) in [6.45, 7) is 2.35. The van der Waals surface area contributed by atoms with Crippen LogP contribution in [-0.4, -0.2) is 47.2 Å².